The van der Waals surface area contributed by atoms with Gasteiger partial charge in [-0.05, 0) is 13.8 Å². The van der Waals surface area contributed by atoms with Gasteiger partial charge in [0.1, 0.15) is 16.6 Å². The Balaban J connectivity index is 2.95. The van der Waals surface area contributed by atoms with Crippen molar-refractivity contribution in [3.8, 4) is 5.88 Å². The Morgan fingerprint density at radius 3 is 2.77 bits per heavy atom. The third-order valence-corrected chi connectivity index (χ3v) is 2.31. The first kappa shape index (κ1) is 8.31. The van der Waals surface area contributed by atoms with E-state index in [0.29, 0.717) is 16.6 Å². The molecule has 0 radical (unpaired) electrons. The van der Waals surface area contributed by atoms with Crippen LogP contribution in [0.2, 0.25) is 5.15 Å². The normalized spacial score (nSPS) is 11.0. The van der Waals surface area contributed by atoms with Crippen molar-refractivity contribution in [3.63, 3.8) is 0 Å². The number of hydrogen-bond acceptors (Lipinski definition) is 3. The molecule has 0 aliphatic rings. The molecule has 0 atom stereocenters. The zero-order chi connectivity index (χ0) is 9.59. The van der Waals surface area contributed by atoms with Gasteiger partial charge in [-0.3, -0.25) is 4.40 Å². The SMILES string of the molecule is Cc1c(Cl)nc(C)n2cc(O)nc12. The molecule has 0 aromatic carbocycles. The molecule has 2 aromatic heterocycles. The van der Waals surface area contributed by atoms with E-state index < -0.39 is 0 Å². The summed E-state index contributed by atoms with van der Waals surface area (Å²) in [6.07, 6.45) is 1.51. The molecule has 0 spiro atoms. The molecule has 0 fully saturated rings. The van der Waals surface area contributed by atoms with Gasteiger partial charge in [-0.1, -0.05) is 11.6 Å². The summed E-state index contributed by atoms with van der Waals surface area (Å²) in [4.78, 5) is 8.02. The topological polar surface area (TPSA) is 50.4 Å². The van der Waals surface area contributed by atoms with Crippen molar-refractivity contribution in [2.45, 2.75) is 13.8 Å². The Morgan fingerprint density at radius 1 is 1.38 bits per heavy atom. The van der Waals surface area contributed by atoms with Gasteiger partial charge in [0.2, 0.25) is 5.88 Å². The highest BCUT2D eigenvalue weighted by Gasteiger charge is 2.09. The number of imidazole rings is 1. The van der Waals surface area contributed by atoms with Crippen LogP contribution in [0.5, 0.6) is 5.88 Å². The van der Waals surface area contributed by atoms with Crippen molar-refractivity contribution in [2.75, 3.05) is 0 Å². The van der Waals surface area contributed by atoms with Crippen LogP contribution in [0.3, 0.4) is 0 Å². The number of halogens is 1. The van der Waals surface area contributed by atoms with Crippen LogP contribution in [0, 0.1) is 13.8 Å². The maximum Gasteiger partial charge on any atom is 0.230 e. The number of hydrogen-bond donors (Lipinski definition) is 1. The fraction of sp³-hybridized carbons (Fsp3) is 0.250. The van der Waals surface area contributed by atoms with Crippen molar-refractivity contribution in [1.29, 1.82) is 0 Å². The predicted molar refractivity (Wildman–Crippen MR) is 49.1 cm³/mol. The van der Waals surface area contributed by atoms with Crippen LogP contribution in [0.4, 0.5) is 0 Å². The molecule has 68 valence electrons. The molecule has 0 bridgehead atoms. The summed E-state index contributed by atoms with van der Waals surface area (Å²) in [6.45, 7) is 3.62. The molecule has 0 aliphatic carbocycles. The molecule has 2 aromatic rings. The first-order chi connectivity index (χ1) is 6.09. The summed E-state index contributed by atoms with van der Waals surface area (Å²) >= 11 is 5.86. The van der Waals surface area contributed by atoms with Crippen molar-refractivity contribution in [3.05, 3.63) is 22.7 Å². The lowest BCUT2D eigenvalue weighted by molar-refractivity contribution is 0.457. The quantitative estimate of drug-likeness (QED) is 0.654. The van der Waals surface area contributed by atoms with Crippen LogP contribution in [0.1, 0.15) is 11.4 Å². The minimum absolute atomic E-state index is 0.0183. The van der Waals surface area contributed by atoms with E-state index in [1.54, 1.807) is 11.3 Å². The predicted octanol–water partition coefficient (Wildman–Crippen LogP) is 1.71. The van der Waals surface area contributed by atoms with E-state index in [-0.39, 0.29) is 5.88 Å². The van der Waals surface area contributed by atoms with Crippen molar-refractivity contribution >= 4 is 17.2 Å². The van der Waals surface area contributed by atoms with Gasteiger partial charge in [0.05, 0.1) is 6.20 Å². The van der Waals surface area contributed by atoms with Gasteiger partial charge < -0.3 is 5.11 Å². The Hall–Kier alpha value is -1.29. The first-order valence-electron chi connectivity index (χ1n) is 3.80. The molecule has 0 saturated carbocycles. The highest BCUT2D eigenvalue weighted by atomic mass is 35.5. The summed E-state index contributed by atoms with van der Waals surface area (Å²) in [5.74, 6) is 0.689. The van der Waals surface area contributed by atoms with Gasteiger partial charge in [-0.2, -0.15) is 4.98 Å². The minimum Gasteiger partial charge on any atom is -0.492 e. The lowest BCUT2D eigenvalue weighted by Gasteiger charge is -2.02. The minimum atomic E-state index is -0.0183. The Kier molecular flexibility index (Phi) is 1.66. The molecular weight excluding hydrogens is 190 g/mol. The summed E-state index contributed by atoms with van der Waals surface area (Å²) in [6, 6.07) is 0. The fourth-order valence-electron chi connectivity index (χ4n) is 1.25. The Bertz CT molecular complexity index is 478. The van der Waals surface area contributed by atoms with E-state index in [1.165, 1.54) is 6.20 Å². The average molecular weight is 198 g/mol. The molecule has 5 heteroatoms. The highest BCUT2D eigenvalue weighted by Crippen LogP contribution is 2.20. The second-order valence-corrected chi connectivity index (χ2v) is 3.23. The molecular formula is C8H8ClN3O. The Labute approximate surface area is 79.8 Å². The molecule has 2 rings (SSSR count). The number of nitrogens with zero attached hydrogens (tertiary/aromatic N) is 3. The molecule has 4 nitrogen and oxygen atoms in total. The second kappa shape index (κ2) is 2.60. The summed E-state index contributed by atoms with van der Waals surface area (Å²) < 4.78 is 1.70. The van der Waals surface area contributed by atoms with Crippen LogP contribution in [-0.4, -0.2) is 19.5 Å². The smallest absolute Gasteiger partial charge is 0.230 e. The van der Waals surface area contributed by atoms with Crippen LogP contribution >= 0.6 is 11.6 Å². The van der Waals surface area contributed by atoms with Crippen molar-refractivity contribution in [1.82, 2.24) is 14.4 Å². The molecule has 0 amide bonds. The number of fused-ring (bicyclic) bond motifs is 1. The van der Waals surface area contributed by atoms with E-state index in [2.05, 4.69) is 9.97 Å². The molecule has 2 heterocycles. The summed E-state index contributed by atoms with van der Waals surface area (Å²) in [5, 5.41) is 9.62. The molecule has 0 aliphatic heterocycles. The lowest BCUT2D eigenvalue weighted by atomic mass is 10.3. The standard InChI is InChI=1S/C8H8ClN3O/c1-4-7(9)10-5(2)12-3-6(13)11-8(4)12/h3,13H,1-2H3. The van der Waals surface area contributed by atoms with Crippen molar-refractivity contribution < 1.29 is 5.11 Å². The van der Waals surface area contributed by atoms with E-state index in [1.807, 2.05) is 6.92 Å². The molecule has 1 N–H and O–H groups in total. The third-order valence-electron chi connectivity index (χ3n) is 1.95. The van der Waals surface area contributed by atoms with Crippen LogP contribution < -0.4 is 0 Å². The summed E-state index contributed by atoms with van der Waals surface area (Å²) in [5.41, 5.74) is 1.42. The zero-order valence-electron chi connectivity index (χ0n) is 7.24. The molecule has 0 unspecified atom stereocenters. The lowest BCUT2D eigenvalue weighted by Crippen LogP contribution is -1.97. The zero-order valence-corrected chi connectivity index (χ0v) is 8.00. The fourth-order valence-corrected chi connectivity index (χ4v) is 1.46. The largest absolute Gasteiger partial charge is 0.492 e. The average Bonchev–Trinajstić information content (AvgIpc) is 2.44. The van der Waals surface area contributed by atoms with Crippen LogP contribution in [-0.2, 0) is 0 Å². The number of aromatic hydroxyl groups is 1. The second-order valence-electron chi connectivity index (χ2n) is 2.87. The third kappa shape index (κ3) is 1.14. The summed E-state index contributed by atoms with van der Waals surface area (Å²) in [7, 11) is 0. The molecule has 13 heavy (non-hydrogen) atoms. The van der Waals surface area contributed by atoms with Crippen LogP contribution in [0.25, 0.3) is 5.65 Å². The van der Waals surface area contributed by atoms with Gasteiger partial charge in [0.15, 0.2) is 0 Å². The van der Waals surface area contributed by atoms with E-state index in [0.717, 1.165) is 5.56 Å². The number of rotatable bonds is 0. The van der Waals surface area contributed by atoms with Gasteiger partial charge >= 0.3 is 0 Å². The van der Waals surface area contributed by atoms with Crippen molar-refractivity contribution in [2.24, 2.45) is 0 Å². The number of aryl methyl sites for hydroxylation is 2. The number of aromatic nitrogens is 3. The van der Waals surface area contributed by atoms with E-state index in [9.17, 15) is 5.11 Å². The van der Waals surface area contributed by atoms with Gasteiger partial charge in [0, 0.05) is 5.56 Å². The maximum atomic E-state index is 9.19. The molecule has 0 saturated heterocycles. The maximum absolute atomic E-state index is 9.19. The van der Waals surface area contributed by atoms with Gasteiger partial charge in [0.25, 0.3) is 0 Å². The van der Waals surface area contributed by atoms with E-state index >= 15 is 0 Å². The van der Waals surface area contributed by atoms with Gasteiger partial charge in [-0.25, -0.2) is 4.98 Å². The monoisotopic (exact) mass is 197 g/mol. The Morgan fingerprint density at radius 2 is 2.08 bits per heavy atom. The van der Waals surface area contributed by atoms with Gasteiger partial charge in [-0.15, -0.1) is 0 Å². The van der Waals surface area contributed by atoms with Crippen LogP contribution in [0.15, 0.2) is 6.20 Å². The highest BCUT2D eigenvalue weighted by molar-refractivity contribution is 6.30. The first-order valence-corrected chi connectivity index (χ1v) is 4.18. The van der Waals surface area contributed by atoms with E-state index in [4.69, 9.17) is 11.6 Å².